The molecule has 2 aliphatic rings. The summed E-state index contributed by atoms with van der Waals surface area (Å²) in [5, 5.41) is 21.3. The largest absolute Gasteiger partial charge is 0.478 e. The normalized spacial score (nSPS) is 18.6. The molecule has 1 amide bonds. The number of aliphatic hydroxyl groups is 1. The first kappa shape index (κ1) is 18.4. The highest BCUT2D eigenvalue weighted by molar-refractivity contribution is 7.86. The number of carbonyl (C=O) groups excluding carboxylic acids is 1. The van der Waals surface area contributed by atoms with Gasteiger partial charge in [0, 0.05) is 29.7 Å². The Balaban J connectivity index is 1.91. The third-order valence-electron chi connectivity index (χ3n) is 4.80. The lowest BCUT2D eigenvalue weighted by Gasteiger charge is -2.19. The second kappa shape index (κ2) is 6.59. The monoisotopic (exact) mass is 404 g/mol. The van der Waals surface area contributed by atoms with Gasteiger partial charge in [0.2, 0.25) is 0 Å². The molecular weight excluding hydrogens is 388 g/mol. The van der Waals surface area contributed by atoms with Crippen molar-refractivity contribution in [3.05, 3.63) is 46.3 Å². The Morgan fingerprint density at radius 1 is 1.32 bits per heavy atom. The summed E-state index contributed by atoms with van der Waals surface area (Å²) in [6.07, 6.45) is 3.19. The Morgan fingerprint density at radius 3 is 2.82 bits per heavy atom. The van der Waals surface area contributed by atoms with E-state index >= 15 is 0 Å². The molecule has 2 aromatic rings. The van der Waals surface area contributed by atoms with Gasteiger partial charge >= 0.3 is 5.97 Å². The number of carboxylic acid groups (broad SMARTS) is 1. The minimum absolute atomic E-state index is 0.00518. The lowest BCUT2D eigenvalue weighted by atomic mass is 9.96. The Bertz CT molecular complexity index is 1140. The van der Waals surface area contributed by atoms with Gasteiger partial charge in [0.1, 0.15) is 0 Å². The lowest BCUT2D eigenvalue weighted by Crippen LogP contribution is -2.19. The Labute approximate surface area is 159 Å². The minimum atomic E-state index is -3.89. The summed E-state index contributed by atoms with van der Waals surface area (Å²) in [5.41, 5.74) is 2.41. The molecule has 0 bridgehead atoms. The third-order valence-corrected chi connectivity index (χ3v) is 6.19. The van der Waals surface area contributed by atoms with E-state index in [1.165, 1.54) is 24.4 Å². The number of aliphatic hydroxyl groups excluding tert-OH is 1. The second-order valence-electron chi connectivity index (χ2n) is 6.38. The van der Waals surface area contributed by atoms with Crippen molar-refractivity contribution in [1.29, 1.82) is 0 Å². The van der Waals surface area contributed by atoms with Crippen LogP contribution < -0.4 is 5.32 Å². The fraction of sp³-hybridized carbons (Fsp3) is 0.222. The number of amides is 1. The molecule has 0 unspecified atom stereocenters. The smallest absolute Gasteiger partial charge is 0.337 e. The number of nitrogens with one attached hydrogen (secondary N) is 2. The number of fused-ring (bicyclic) bond motifs is 3. The van der Waals surface area contributed by atoms with Crippen molar-refractivity contribution in [3.63, 3.8) is 0 Å². The fourth-order valence-corrected chi connectivity index (χ4v) is 4.77. The van der Waals surface area contributed by atoms with Gasteiger partial charge in [-0.15, -0.1) is 0 Å². The van der Waals surface area contributed by atoms with E-state index < -0.39 is 22.0 Å². The Kier molecular flexibility index (Phi) is 4.33. The molecular formula is C18H16N2O7S. The maximum absolute atomic E-state index is 12.6. The molecule has 9 nitrogen and oxygen atoms in total. The summed E-state index contributed by atoms with van der Waals surface area (Å²) < 4.78 is 29.2. The molecule has 0 saturated heterocycles. The van der Waals surface area contributed by atoms with Gasteiger partial charge in [0.15, 0.2) is 0 Å². The van der Waals surface area contributed by atoms with Crippen molar-refractivity contribution in [2.75, 3.05) is 18.5 Å². The zero-order valence-corrected chi connectivity index (χ0v) is 15.3. The zero-order valence-electron chi connectivity index (χ0n) is 14.5. The molecule has 3 heterocycles. The average Bonchev–Trinajstić information content (AvgIpc) is 3.17. The molecule has 0 saturated carbocycles. The summed E-state index contributed by atoms with van der Waals surface area (Å²) in [5.74, 6) is -1.57. The number of hydrogen-bond acceptors (Lipinski definition) is 6. The average molecular weight is 404 g/mol. The van der Waals surface area contributed by atoms with Crippen LogP contribution in [0.5, 0.6) is 0 Å². The summed E-state index contributed by atoms with van der Waals surface area (Å²) in [4.78, 5) is 26.8. The summed E-state index contributed by atoms with van der Waals surface area (Å²) >= 11 is 0. The molecule has 1 aromatic heterocycles. The maximum atomic E-state index is 12.6. The van der Waals surface area contributed by atoms with Crippen molar-refractivity contribution in [2.45, 2.75) is 17.7 Å². The van der Waals surface area contributed by atoms with Crippen LogP contribution in [-0.2, 0) is 31.9 Å². The van der Waals surface area contributed by atoms with Crippen LogP contribution in [0.1, 0.15) is 32.7 Å². The number of carboxylic acids is 1. The maximum Gasteiger partial charge on any atom is 0.337 e. The molecule has 146 valence electrons. The van der Waals surface area contributed by atoms with Crippen LogP contribution in [0.2, 0.25) is 0 Å². The fourth-order valence-electron chi connectivity index (χ4n) is 3.60. The first-order valence-corrected chi connectivity index (χ1v) is 9.87. The van der Waals surface area contributed by atoms with Gasteiger partial charge in [-0.05, 0) is 42.2 Å². The number of aromatic carboxylic acids is 1. The Morgan fingerprint density at radius 2 is 2.11 bits per heavy atom. The third kappa shape index (κ3) is 2.82. The highest BCUT2D eigenvalue weighted by Gasteiger charge is 2.34. The summed E-state index contributed by atoms with van der Waals surface area (Å²) in [7, 11) is -3.89. The van der Waals surface area contributed by atoms with Crippen LogP contribution in [0.15, 0.2) is 23.2 Å². The van der Waals surface area contributed by atoms with Gasteiger partial charge in [0.05, 0.1) is 22.6 Å². The second-order valence-corrected chi connectivity index (χ2v) is 7.96. The first-order chi connectivity index (χ1) is 13.3. The van der Waals surface area contributed by atoms with Crippen LogP contribution in [0.25, 0.3) is 11.6 Å². The molecule has 0 aliphatic carbocycles. The van der Waals surface area contributed by atoms with Crippen LogP contribution >= 0.6 is 0 Å². The number of hydrogen-bond donors (Lipinski definition) is 4. The van der Waals surface area contributed by atoms with E-state index in [1.807, 2.05) is 0 Å². The molecule has 0 atom stereocenters. The summed E-state index contributed by atoms with van der Waals surface area (Å²) in [6.45, 7) is -0.281. The molecule has 0 radical (unpaired) electrons. The van der Waals surface area contributed by atoms with E-state index in [-0.39, 0.29) is 35.7 Å². The molecule has 4 N–H and O–H groups in total. The van der Waals surface area contributed by atoms with Gasteiger partial charge in [-0.3, -0.25) is 8.98 Å². The van der Waals surface area contributed by atoms with E-state index in [2.05, 4.69) is 10.3 Å². The lowest BCUT2D eigenvalue weighted by molar-refractivity contribution is -0.110. The van der Waals surface area contributed by atoms with Crippen molar-refractivity contribution in [2.24, 2.45) is 0 Å². The molecule has 2 aliphatic heterocycles. The molecule has 28 heavy (non-hydrogen) atoms. The van der Waals surface area contributed by atoms with Gasteiger partial charge in [-0.1, -0.05) is 0 Å². The van der Waals surface area contributed by atoms with Crippen LogP contribution in [0.4, 0.5) is 5.69 Å². The van der Waals surface area contributed by atoms with E-state index in [4.69, 9.17) is 4.18 Å². The van der Waals surface area contributed by atoms with Crippen molar-refractivity contribution in [3.8, 4) is 0 Å². The van der Waals surface area contributed by atoms with Gasteiger partial charge < -0.3 is 20.5 Å². The SMILES string of the molecule is O=C1Nc2ccc3c(c2/C1=C/c1[nH]cc(C(=O)O)c1CCO)CCOS3(=O)=O. The van der Waals surface area contributed by atoms with Crippen molar-refractivity contribution >= 4 is 39.3 Å². The topological polar surface area (TPSA) is 146 Å². The van der Waals surface area contributed by atoms with Crippen molar-refractivity contribution in [1.82, 2.24) is 4.98 Å². The number of benzene rings is 1. The highest BCUT2D eigenvalue weighted by Crippen LogP contribution is 2.41. The number of aromatic nitrogens is 1. The zero-order chi connectivity index (χ0) is 20.1. The number of carbonyl (C=O) groups is 2. The first-order valence-electron chi connectivity index (χ1n) is 8.46. The standard InChI is InChI=1S/C18H16N2O7S/c21-5-3-9-12(18(23)24)8-19-14(9)7-11-16-10-4-6-27-28(25,26)15(10)2-1-13(16)20-17(11)22/h1-2,7-8,19,21H,3-6H2,(H,20,22)(H,23,24)/b11-7-. The molecule has 10 heteroatoms. The van der Waals surface area contributed by atoms with E-state index in [0.717, 1.165) is 0 Å². The van der Waals surface area contributed by atoms with Gasteiger partial charge in [-0.2, -0.15) is 8.42 Å². The van der Waals surface area contributed by atoms with E-state index in [1.54, 1.807) is 0 Å². The van der Waals surface area contributed by atoms with Crippen LogP contribution in [-0.4, -0.2) is 48.7 Å². The quantitative estimate of drug-likeness (QED) is 0.439. The highest BCUT2D eigenvalue weighted by atomic mass is 32.2. The van der Waals surface area contributed by atoms with Crippen LogP contribution in [0, 0.1) is 0 Å². The van der Waals surface area contributed by atoms with Gasteiger partial charge in [0.25, 0.3) is 16.0 Å². The molecule has 4 rings (SSSR count). The molecule has 1 aromatic carbocycles. The minimum Gasteiger partial charge on any atom is -0.478 e. The number of anilines is 1. The van der Waals surface area contributed by atoms with E-state index in [9.17, 15) is 28.2 Å². The molecule has 0 fully saturated rings. The van der Waals surface area contributed by atoms with Crippen molar-refractivity contribution < 1.29 is 32.4 Å². The number of aromatic amines is 1. The number of H-pyrrole nitrogens is 1. The molecule has 0 spiro atoms. The van der Waals surface area contributed by atoms with Gasteiger partial charge in [-0.25, -0.2) is 4.79 Å². The Hall–Kier alpha value is -2.95. The summed E-state index contributed by atoms with van der Waals surface area (Å²) in [6, 6.07) is 2.91. The predicted octanol–water partition coefficient (Wildman–Crippen LogP) is 1.00. The predicted molar refractivity (Wildman–Crippen MR) is 98.3 cm³/mol. The van der Waals surface area contributed by atoms with E-state index in [0.29, 0.717) is 34.5 Å². The number of rotatable bonds is 4. The van der Waals surface area contributed by atoms with Crippen LogP contribution in [0.3, 0.4) is 0 Å².